The maximum absolute atomic E-state index is 14.3. The van der Waals surface area contributed by atoms with Gasteiger partial charge in [0.25, 0.3) is 0 Å². The third-order valence-electron chi connectivity index (χ3n) is 4.30. The highest BCUT2D eigenvalue weighted by Crippen LogP contribution is 2.24. The Kier molecular flexibility index (Phi) is 4.04. The Bertz CT molecular complexity index is 602. The van der Waals surface area contributed by atoms with Crippen LogP contribution < -0.4 is 5.73 Å². The number of hydrogen-bond donors (Lipinski definition) is 1. The normalized spacial score (nSPS) is 22.6. The monoisotopic (exact) mass is 284 g/mol. The summed E-state index contributed by atoms with van der Waals surface area (Å²) in [5.74, 6) is 0.348. The van der Waals surface area contributed by atoms with Crippen molar-refractivity contribution in [2.45, 2.75) is 19.5 Å². The molecule has 0 spiro atoms. The van der Waals surface area contributed by atoms with Gasteiger partial charge in [0.2, 0.25) is 0 Å². The van der Waals surface area contributed by atoms with Crippen molar-refractivity contribution in [3.8, 4) is 11.1 Å². The molecule has 2 nitrogen and oxygen atoms in total. The van der Waals surface area contributed by atoms with Crippen LogP contribution in [-0.2, 0) is 6.54 Å². The molecule has 21 heavy (non-hydrogen) atoms. The van der Waals surface area contributed by atoms with Gasteiger partial charge in [-0.25, -0.2) is 4.39 Å². The quantitative estimate of drug-likeness (QED) is 0.937. The molecule has 2 N–H and O–H groups in total. The summed E-state index contributed by atoms with van der Waals surface area (Å²) in [5.41, 5.74) is 8.73. The summed E-state index contributed by atoms with van der Waals surface area (Å²) in [6, 6.07) is 15.6. The van der Waals surface area contributed by atoms with E-state index in [1.165, 1.54) is 0 Å². The van der Waals surface area contributed by atoms with Gasteiger partial charge >= 0.3 is 0 Å². The summed E-state index contributed by atoms with van der Waals surface area (Å²) < 4.78 is 14.3. The predicted molar refractivity (Wildman–Crippen MR) is 84.3 cm³/mol. The van der Waals surface area contributed by atoms with Gasteiger partial charge < -0.3 is 5.73 Å². The second kappa shape index (κ2) is 5.96. The van der Waals surface area contributed by atoms with Crippen LogP contribution in [-0.4, -0.2) is 24.0 Å². The van der Waals surface area contributed by atoms with E-state index >= 15 is 0 Å². The Morgan fingerprint density at radius 3 is 2.48 bits per heavy atom. The zero-order chi connectivity index (χ0) is 14.8. The molecule has 2 unspecified atom stereocenters. The van der Waals surface area contributed by atoms with Crippen LogP contribution in [0.4, 0.5) is 4.39 Å². The predicted octanol–water partition coefficient (Wildman–Crippen LogP) is 3.27. The molecule has 3 rings (SSSR count). The van der Waals surface area contributed by atoms with Crippen molar-refractivity contribution in [3.05, 3.63) is 59.9 Å². The first-order valence-electron chi connectivity index (χ1n) is 7.45. The Labute approximate surface area is 125 Å². The molecule has 0 radical (unpaired) electrons. The maximum Gasteiger partial charge on any atom is 0.128 e. The van der Waals surface area contributed by atoms with Gasteiger partial charge in [-0.05, 0) is 23.1 Å². The van der Waals surface area contributed by atoms with E-state index in [-0.39, 0.29) is 11.9 Å². The molecule has 1 aliphatic heterocycles. The fourth-order valence-electron chi connectivity index (χ4n) is 2.95. The average Bonchev–Trinajstić information content (AvgIpc) is 2.80. The number of benzene rings is 2. The van der Waals surface area contributed by atoms with E-state index < -0.39 is 0 Å². The highest BCUT2D eigenvalue weighted by molar-refractivity contribution is 5.63. The zero-order valence-electron chi connectivity index (χ0n) is 12.3. The third kappa shape index (κ3) is 3.14. The van der Waals surface area contributed by atoms with Gasteiger partial charge in [0, 0.05) is 31.2 Å². The summed E-state index contributed by atoms with van der Waals surface area (Å²) in [5, 5.41) is 0. The molecule has 0 bridgehead atoms. The number of halogens is 1. The molecule has 1 heterocycles. The van der Waals surface area contributed by atoms with Gasteiger partial charge in [0.15, 0.2) is 0 Å². The molecule has 0 aliphatic carbocycles. The minimum atomic E-state index is -0.135. The van der Waals surface area contributed by atoms with Crippen molar-refractivity contribution < 1.29 is 4.39 Å². The molecule has 2 aromatic carbocycles. The number of nitrogens with zero attached hydrogens (tertiary/aromatic N) is 1. The number of rotatable bonds is 3. The van der Waals surface area contributed by atoms with Crippen LogP contribution in [0.1, 0.15) is 12.5 Å². The maximum atomic E-state index is 14.3. The lowest BCUT2D eigenvalue weighted by Gasteiger charge is -2.16. The fourth-order valence-corrected chi connectivity index (χ4v) is 2.95. The average molecular weight is 284 g/mol. The minimum Gasteiger partial charge on any atom is -0.326 e. The van der Waals surface area contributed by atoms with Crippen LogP contribution in [0.2, 0.25) is 0 Å². The van der Waals surface area contributed by atoms with Crippen LogP contribution in [0.15, 0.2) is 48.5 Å². The Balaban J connectivity index is 1.76. The van der Waals surface area contributed by atoms with E-state index in [1.807, 2.05) is 42.5 Å². The van der Waals surface area contributed by atoms with E-state index in [4.69, 9.17) is 5.73 Å². The van der Waals surface area contributed by atoms with Gasteiger partial charge in [-0.3, -0.25) is 4.90 Å². The molecule has 110 valence electrons. The first kappa shape index (κ1) is 14.2. The van der Waals surface area contributed by atoms with Crippen molar-refractivity contribution in [1.29, 1.82) is 0 Å². The number of likely N-dealkylation sites (tertiary alicyclic amines) is 1. The van der Waals surface area contributed by atoms with Crippen LogP contribution in [0.5, 0.6) is 0 Å². The molecule has 0 saturated carbocycles. The van der Waals surface area contributed by atoms with Crippen molar-refractivity contribution in [1.82, 2.24) is 4.90 Å². The van der Waals surface area contributed by atoms with E-state index in [9.17, 15) is 4.39 Å². The highest BCUT2D eigenvalue weighted by atomic mass is 19.1. The van der Waals surface area contributed by atoms with Crippen molar-refractivity contribution in [2.75, 3.05) is 13.1 Å². The topological polar surface area (TPSA) is 29.3 Å². The highest BCUT2D eigenvalue weighted by Gasteiger charge is 2.26. The summed E-state index contributed by atoms with van der Waals surface area (Å²) in [7, 11) is 0. The summed E-state index contributed by atoms with van der Waals surface area (Å²) in [4.78, 5) is 2.23. The Morgan fingerprint density at radius 2 is 1.86 bits per heavy atom. The molecule has 1 aliphatic rings. The SMILES string of the molecule is CC1CN(Cc2ccc(-c3ccccc3)cc2F)CC1N. The Morgan fingerprint density at radius 1 is 1.10 bits per heavy atom. The van der Waals surface area contributed by atoms with Crippen molar-refractivity contribution >= 4 is 0 Å². The van der Waals surface area contributed by atoms with Crippen LogP contribution in [0, 0.1) is 11.7 Å². The van der Waals surface area contributed by atoms with Gasteiger partial charge in [-0.2, -0.15) is 0 Å². The lowest BCUT2D eigenvalue weighted by atomic mass is 10.0. The summed E-state index contributed by atoms with van der Waals surface area (Å²) in [6.07, 6.45) is 0. The molecule has 3 heteroatoms. The van der Waals surface area contributed by atoms with Crippen molar-refractivity contribution in [2.24, 2.45) is 11.7 Å². The number of hydrogen-bond acceptors (Lipinski definition) is 2. The zero-order valence-corrected chi connectivity index (χ0v) is 12.3. The molecule has 2 aromatic rings. The largest absolute Gasteiger partial charge is 0.326 e. The van der Waals surface area contributed by atoms with E-state index in [0.29, 0.717) is 12.5 Å². The first-order valence-corrected chi connectivity index (χ1v) is 7.45. The van der Waals surface area contributed by atoms with Crippen LogP contribution >= 0.6 is 0 Å². The third-order valence-corrected chi connectivity index (χ3v) is 4.30. The van der Waals surface area contributed by atoms with Gasteiger partial charge in [-0.1, -0.05) is 49.4 Å². The van der Waals surface area contributed by atoms with E-state index in [1.54, 1.807) is 6.07 Å². The molecule has 2 atom stereocenters. The first-order chi connectivity index (χ1) is 10.1. The van der Waals surface area contributed by atoms with Gasteiger partial charge in [0.05, 0.1) is 0 Å². The fraction of sp³-hybridized carbons (Fsp3) is 0.333. The van der Waals surface area contributed by atoms with Crippen LogP contribution in [0.3, 0.4) is 0 Å². The summed E-state index contributed by atoms with van der Waals surface area (Å²) in [6.45, 7) is 4.58. The molecule has 0 aromatic heterocycles. The van der Waals surface area contributed by atoms with E-state index in [2.05, 4.69) is 11.8 Å². The molecule has 1 fully saturated rings. The van der Waals surface area contributed by atoms with Gasteiger partial charge in [0.1, 0.15) is 5.82 Å². The standard InChI is InChI=1S/C18H21FN2/c1-13-10-21(12-18(13)20)11-16-8-7-15(9-17(16)19)14-5-3-2-4-6-14/h2-9,13,18H,10-12,20H2,1H3. The lowest BCUT2D eigenvalue weighted by Crippen LogP contribution is -2.28. The molecular formula is C18H21FN2. The summed E-state index contributed by atoms with van der Waals surface area (Å²) >= 11 is 0. The van der Waals surface area contributed by atoms with E-state index in [0.717, 1.165) is 29.8 Å². The van der Waals surface area contributed by atoms with Crippen molar-refractivity contribution in [3.63, 3.8) is 0 Å². The lowest BCUT2D eigenvalue weighted by molar-refractivity contribution is 0.313. The molecule has 0 amide bonds. The smallest absolute Gasteiger partial charge is 0.128 e. The number of nitrogens with two attached hydrogens (primary N) is 1. The second-order valence-corrected chi connectivity index (χ2v) is 6.01. The molecule has 1 saturated heterocycles. The van der Waals surface area contributed by atoms with Crippen LogP contribution in [0.25, 0.3) is 11.1 Å². The second-order valence-electron chi connectivity index (χ2n) is 6.01. The minimum absolute atomic E-state index is 0.135. The molecular weight excluding hydrogens is 263 g/mol. The van der Waals surface area contributed by atoms with Gasteiger partial charge in [-0.15, -0.1) is 0 Å². The Hall–Kier alpha value is -1.71.